The van der Waals surface area contributed by atoms with Crippen molar-refractivity contribution in [2.24, 2.45) is 0 Å². The van der Waals surface area contributed by atoms with Crippen LogP contribution in [0.3, 0.4) is 0 Å². The van der Waals surface area contributed by atoms with Crippen molar-refractivity contribution in [3.8, 4) is 0 Å². The molecule has 2 aromatic rings. The van der Waals surface area contributed by atoms with Crippen LogP contribution >= 0.6 is 11.6 Å². The van der Waals surface area contributed by atoms with E-state index in [2.05, 4.69) is 15.3 Å². The van der Waals surface area contributed by atoms with Gasteiger partial charge < -0.3 is 11.1 Å². The van der Waals surface area contributed by atoms with E-state index in [0.717, 1.165) is 10.6 Å². The highest BCUT2D eigenvalue weighted by Crippen LogP contribution is 2.22. The molecule has 0 radical (unpaired) electrons. The van der Waals surface area contributed by atoms with Crippen molar-refractivity contribution in [2.45, 2.75) is 13.0 Å². The Morgan fingerprint density at radius 3 is 2.65 bits per heavy atom. The lowest BCUT2D eigenvalue weighted by Gasteiger charge is -2.15. The Bertz CT molecular complexity index is 498. The first-order valence-electron chi connectivity index (χ1n) is 5.24. The fraction of sp³-hybridized carbons (Fsp3) is 0.167. The molecule has 3 N–H and O–H groups in total. The molecule has 1 atom stereocenters. The number of halogens is 1. The molecule has 0 aliphatic rings. The maximum absolute atomic E-state index is 5.84. The highest BCUT2D eigenvalue weighted by molar-refractivity contribution is 6.30. The van der Waals surface area contributed by atoms with E-state index in [0.29, 0.717) is 11.5 Å². The summed E-state index contributed by atoms with van der Waals surface area (Å²) in [7, 11) is 0. The maximum Gasteiger partial charge on any atom is 0.153 e. The highest BCUT2D eigenvalue weighted by Gasteiger charge is 2.07. The van der Waals surface area contributed by atoms with E-state index >= 15 is 0 Å². The van der Waals surface area contributed by atoms with Crippen LogP contribution in [0.25, 0.3) is 0 Å². The van der Waals surface area contributed by atoms with E-state index in [1.165, 1.54) is 6.33 Å². The van der Waals surface area contributed by atoms with Gasteiger partial charge in [-0.3, -0.25) is 0 Å². The van der Waals surface area contributed by atoms with Crippen LogP contribution in [-0.2, 0) is 0 Å². The molecule has 0 saturated carbocycles. The summed E-state index contributed by atoms with van der Waals surface area (Å²) in [6.45, 7) is 2.03. The summed E-state index contributed by atoms with van der Waals surface area (Å²) < 4.78 is 0. The van der Waals surface area contributed by atoms with E-state index in [-0.39, 0.29) is 6.04 Å². The summed E-state index contributed by atoms with van der Waals surface area (Å²) in [5, 5.41) is 3.95. The zero-order valence-corrected chi connectivity index (χ0v) is 10.1. The Labute approximate surface area is 105 Å². The van der Waals surface area contributed by atoms with Crippen LogP contribution in [0.5, 0.6) is 0 Å². The molecular formula is C12H13ClN4. The summed E-state index contributed by atoms with van der Waals surface area (Å²) in [5.41, 5.74) is 7.42. The number of nitrogens with zero attached hydrogens (tertiary/aromatic N) is 2. The molecule has 0 spiro atoms. The smallest absolute Gasteiger partial charge is 0.153 e. The largest absolute Gasteiger partial charge is 0.394 e. The SMILES string of the molecule is CC(Nc1ncncc1N)c1ccc(Cl)cc1. The number of hydrogen-bond acceptors (Lipinski definition) is 4. The van der Waals surface area contributed by atoms with Gasteiger partial charge in [0.05, 0.1) is 17.9 Å². The highest BCUT2D eigenvalue weighted by atomic mass is 35.5. The second-order valence-electron chi connectivity index (χ2n) is 3.74. The first kappa shape index (κ1) is 11.7. The molecule has 4 nitrogen and oxygen atoms in total. The van der Waals surface area contributed by atoms with Gasteiger partial charge in [0.2, 0.25) is 0 Å². The molecule has 17 heavy (non-hydrogen) atoms. The number of hydrogen-bond donors (Lipinski definition) is 2. The van der Waals surface area contributed by atoms with E-state index in [1.807, 2.05) is 31.2 Å². The number of nitrogens with one attached hydrogen (secondary N) is 1. The monoisotopic (exact) mass is 248 g/mol. The molecule has 0 aliphatic heterocycles. The third-order valence-electron chi connectivity index (χ3n) is 2.46. The second-order valence-corrected chi connectivity index (χ2v) is 4.18. The molecule has 1 heterocycles. The molecule has 0 fully saturated rings. The van der Waals surface area contributed by atoms with Crippen molar-refractivity contribution in [1.82, 2.24) is 9.97 Å². The average Bonchev–Trinajstić information content (AvgIpc) is 2.33. The molecular weight excluding hydrogens is 236 g/mol. The Balaban J connectivity index is 2.14. The van der Waals surface area contributed by atoms with Crippen molar-refractivity contribution >= 4 is 23.1 Å². The molecule has 1 aromatic heterocycles. The lowest BCUT2D eigenvalue weighted by Crippen LogP contribution is -2.09. The third-order valence-corrected chi connectivity index (χ3v) is 2.72. The number of benzene rings is 1. The lowest BCUT2D eigenvalue weighted by atomic mass is 10.1. The van der Waals surface area contributed by atoms with Crippen LogP contribution in [-0.4, -0.2) is 9.97 Å². The van der Waals surface area contributed by atoms with Crippen LogP contribution in [0.2, 0.25) is 5.02 Å². The van der Waals surface area contributed by atoms with Gasteiger partial charge in [0.25, 0.3) is 0 Å². The number of rotatable bonds is 3. The van der Waals surface area contributed by atoms with Crippen LogP contribution in [0.4, 0.5) is 11.5 Å². The minimum Gasteiger partial charge on any atom is -0.394 e. The number of nitrogen functional groups attached to an aromatic ring is 1. The molecule has 88 valence electrons. The van der Waals surface area contributed by atoms with E-state index in [4.69, 9.17) is 17.3 Å². The van der Waals surface area contributed by atoms with Crippen molar-refractivity contribution in [3.05, 3.63) is 47.4 Å². The normalized spacial score (nSPS) is 12.1. The van der Waals surface area contributed by atoms with Crippen LogP contribution in [0.15, 0.2) is 36.8 Å². The van der Waals surface area contributed by atoms with Crippen LogP contribution in [0.1, 0.15) is 18.5 Å². The van der Waals surface area contributed by atoms with Crippen molar-refractivity contribution in [3.63, 3.8) is 0 Å². The zero-order valence-electron chi connectivity index (χ0n) is 9.39. The van der Waals surface area contributed by atoms with Gasteiger partial charge in [-0.1, -0.05) is 23.7 Å². The van der Waals surface area contributed by atoms with Crippen molar-refractivity contribution < 1.29 is 0 Å². The quantitative estimate of drug-likeness (QED) is 0.877. The first-order chi connectivity index (χ1) is 8.16. The Morgan fingerprint density at radius 1 is 1.29 bits per heavy atom. The number of anilines is 2. The van der Waals surface area contributed by atoms with Gasteiger partial charge in [-0.15, -0.1) is 0 Å². The summed E-state index contributed by atoms with van der Waals surface area (Å²) in [6.07, 6.45) is 3.04. The summed E-state index contributed by atoms with van der Waals surface area (Å²) in [6, 6.07) is 7.76. The van der Waals surface area contributed by atoms with Crippen molar-refractivity contribution in [2.75, 3.05) is 11.1 Å². The van der Waals surface area contributed by atoms with E-state index in [1.54, 1.807) is 6.20 Å². The second kappa shape index (κ2) is 5.01. The fourth-order valence-electron chi connectivity index (χ4n) is 1.50. The third kappa shape index (κ3) is 2.85. The van der Waals surface area contributed by atoms with Gasteiger partial charge in [0.15, 0.2) is 5.82 Å². The molecule has 1 aromatic carbocycles. The first-order valence-corrected chi connectivity index (χ1v) is 5.62. The average molecular weight is 249 g/mol. The predicted octanol–water partition coefficient (Wildman–Crippen LogP) is 2.89. The minimum atomic E-state index is 0.101. The molecule has 2 rings (SSSR count). The maximum atomic E-state index is 5.84. The fourth-order valence-corrected chi connectivity index (χ4v) is 1.63. The molecule has 1 unspecified atom stereocenters. The van der Waals surface area contributed by atoms with Gasteiger partial charge in [-0.2, -0.15) is 0 Å². The Kier molecular flexibility index (Phi) is 3.44. The Hall–Kier alpha value is -1.81. The van der Waals surface area contributed by atoms with Gasteiger partial charge >= 0.3 is 0 Å². The molecule has 0 bridgehead atoms. The van der Waals surface area contributed by atoms with Crippen LogP contribution in [0, 0.1) is 0 Å². The minimum absolute atomic E-state index is 0.101. The van der Waals surface area contributed by atoms with E-state index < -0.39 is 0 Å². The Morgan fingerprint density at radius 2 is 2.00 bits per heavy atom. The molecule has 0 aliphatic carbocycles. The summed E-state index contributed by atoms with van der Waals surface area (Å²) >= 11 is 5.84. The number of nitrogens with two attached hydrogens (primary N) is 1. The zero-order chi connectivity index (χ0) is 12.3. The van der Waals surface area contributed by atoms with Gasteiger partial charge in [0, 0.05) is 5.02 Å². The van der Waals surface area contributed by atoms with Crippen LogP contribution < -0.4 is 11.1 Å². The molecule has 0 amide bonds. The molecule has 0 saturated heterocycles. The van der Waals surface area contributed by atoms with Gasteiger partial charge in [0.1, 0.15) is 6.33 Å². The summed E-state index contributed by atoms with van der Waals surface area (Å²) in [5.74, 6) is 0.641. The molecule has 5 heteroatoms. The number of aromatic nitrogens is 2. The van der Waals surface area contributed by atoms with Gasteiger partial charge in [-0.05, 0) is 24.6 Å². The topological polar surface area (TPSA) is 63.8 Å². The van der Waals surface area contributed by atoms with Crippen molar-refractivity contribution in [1.29, 1.82) is 0 Å². The predicted molar refractivity (Wildman–Crippen MR) is 69.9 cm³/mol. The lowest BCUT2D eigenvalue weighted by molar-refractivity contribution is 0.873. The summed E-state index contributed by atoms with van der Waals surface area (Å²) in [4.78, 5) is 7.93. The van der Waals surface area contributed by atoms with E-state index in [9.17, 15) is 0 Å². The standard InChI is InChI=1S/C12H13ClN4/c1-8(9-2-4-10(13)5-3-9)17-12-11(14)6-15-7-16-12/h2-8H,14H2,1H3,(H,15,16,17). The van der Waals surface area contributed by atoms with Gasteiger partial charge in [-0.25, -0.2) is 9.97 Å².